The molecular weight excluding hydrogens is 384 g/mol. The van der Waals surface area contributed by atoms with E-state index in [2.05, 4.69) is 47.0 Å². The van der Waals surface area contributed by atoms with Gasteiger partial charge in [0.05, 0.1) is 12.5 Å². The number of ether oxygens (including phenoxy) is 1. The highest BCUT2D eigenvalue weighted by molar-refractivity contribution is 6.07. The number of hydrogen-bond donors (Lipinski definition) is 2. The topological polar surface area (TPSA) is 50.4 Å². The van der Waals surface area contributed by atoms with Gasteiger partial charge in [-0.3, -0.25) is 4.79 Å². The van der Waals surface area contributed by atoms with E-state index in [0.29, 0.717) is 6.04 Å². The standard InChI is InChI=1S/C27H32N2O2/c1-31-24-13-3-2-11-22(24)20-14-17-28-21(18-20)10-4-5-15-27-16-7-9-19-8-6-12-23(25(19)27)29-26(27)30/h2-3,6,8,11-14,21,28H,4-5,7,9-10,15-18H2,1H3,(H,29,30). The lowest BCUT2D eigenvalue weighted by Gasteiger charge is -2.33. The van der Waals surface area contributed by atoms with Crippen molar-refractivity contribution >= 4 is 17.2 Å². The molecule has 2 unspecified atom stereocenters. The summed E-state index contributed by atoms with van der Waals surface area (Å²) in [5.41, 5.74) is 6.05. The average Bonchev–Trinajstić information content (AvgIpc) is 3.10. The van der Waals surface area contributed by atoms with Gasteiger partial charge in [0.25, 0.3) is 0 Å². The van der Waals surface area contributed by atoms with Gasteiger partial charge in [-0.15, -0.1) is 0 Å². The van der Waals surface area contributed by atoms with Gasteiger partial charge in [0.15, 0.2) is 0 Å². The molecule has 0 saturated carbocycles. The Labute approximate surface area is 185 Å². The zero-order valence-corrected chi connectivity index (χ0v) is 18.4. The fraction of sp³-hybridized carbons (Fsp3) is 0.444. The Morgan fingerprint density at radius 1 is 1.13 bits per heavy atom. The molecule has 2 atom stereocenters. The number of unbranched alkanes of at least 4 members (excludes halogenated alkanes) is 1. The smallest absolute Gasteiger partial charge is 0.235 e. The molecule has 0 spiro atoms. The third-order valence-electron chi connectivity index (χ3n) is 7.44. The third kappa shape index (κ3) is 3.67. The summed E-state index contributed by atoms with van der Waals surface area (Å²) in [5, 5.41) is 6.83. The summed E-state index contributed by atoms with van der Waals surface area (Å²) in [6, 6.07) is 15.1. The van der Waals surface area contributed by atoms with Gasteiger partial charge in [-0.2, -0.15) is 0 Å². The first-order valence-electron chi connectivity index (χ1n) is 11.7. The Kier molecular flexibility index (Phi) is 5.58. The van der Waals surface area contributed by atoms with Gasteiger partial charge in [0.1, 0.15) is 5.75 Å². The van der Waals surface area contributed by atoms with Crippen molar-refractivity contribution in [1.29, 1.82) is 0 Å². The second-order valence-electron chi connectivity index (χ2n) is 9.21. The maximum Gasteiger partial charge on any atom is 0.235 e. The fourth-order valence-electron chi connectivity index (χ4n) is 5.94. The minimum atomic E-state index is -0.285. The van der Waals surface area contributed by atoms with Crippen molar-refractivity contribution in [2.75, 3.05) is 19.0 Å². The first kappa shape index (κ1) is 20.3. The summed E-state index contributed by atoms with van der Waals surface area (Å²) in [7, 11) is 1.74. The minimum Gasteiger partial charge on any atom is -0.496 e. The van der Waals surface area contributed by atoms with Gasteiger partial charge < -0.3 is 15.4 Å². The Hall–Kier alpha value is -2.59. The predicted molar refractivity (Wildman–Crippen MR) is 126 cm³/mol. The maximum atomic E-state index is 13.0. The van der Waals surface area contributed by atoms with Crippen LogP contribution in [0.15, 0.2) is 48.5 Å². The number of carbonyl (C=O) groups excluding carboxylic acids is 1. The molecule has 2 N–H and O–H groups in total. The van der Waals surface area contributed by atoms with Crippen LogP contribution < -0.4 is 15.4 Å². The Morgan fingerprint density at radius 2 is 2.03 bits per heavy atom. The lowest BCUT2D eigenvalue weighted by atomic mass is 9.68. The van der Waals surface area contributed by atoms with Crippen molar-refractivity contribution in [1.82, 2.24) is 5.32 Å². The highest BCUT2D eigenvalue weighted by Gasteiger charge is 2.48. The summed E-state index contributed by atoms with van der Waals surface area (Å²) in [6.07, 6.45) is 10.9. The lowest BCUT2D eigenvalue weighted by Crippen LogP contribution is -2.37. The fourth-order valence-corrected chi connectivity index (χ4v) is 5.94. The van der Waals surface area contributed by atoms with Gasteiger partial charge in [0, 0.05) is 23.8 Å². The molecule has 5 rings (SSSR count). The van der Waals surface area contributed by atoms with E-state index in [1.165, 1.54) is 22.3 Å². The SMILES string of the molecule is COc1ccccc1C1=CCNC(CCCCC23CCCc4cccc(c42)NC3=O)C1. The molecule has 0 bridgehead atoms. The van der Waals surface area contributed by atoms with Crippen molar-refractivity contribution in [3.05, 3.63) is 65.2 Å². The second kappa shape index (κ2) is 8.51. The van der Waals surface area contributed by atoms with Crippen LogP contribution in [0.1, 0.15) is 61.6 Å². The van der Waals surface area contributed by atoms with Crippen molar-refractivity contribution < 1.29 is 9.53 Å². The van der Waals surface area contributed by atoms with E-state index >= 15 is 0 Å². The van der Waals surface area contributed by atoms with Crippen LogP contribution in [0.2, 0.25) is 0 Å². The molecule has 0 radical (unpaired) electrons. The molecule has 2 aromatic carbocycles. The molecule has 4 heteroatoms. The number of nitrogens with one attached hydrogen (secondary N) is 2. The number of amides is 1. The van der Waals surface area contributed by atoms with E-state index in [-0.39, 0.29) is 11.3 Å². The molecule has 0 fully saturated rings. The third-order valence-corrected chi connectivity index (χ3v) is 7.44. The van der Waals surface area contributed by atoms with Crippen molar-refractivity contribution in [3.63, 3.8) is 0 Å². The van der Waals surface area contributed by atoms with Gasteiger partial charge >= 0.3 is 0 Å². The summed E-state index contributed by atoms with van der Waals surface area (Å²) >= 11 is 0. The summed E-state index contributed by atoms with van der Waals surface area (Å²) < 4.78 is 5.57. The summed E-state index contributed by atoms with van der Waals surface area (Å²) in [5.74, 6) is 1.18. The van der Waals surface area contributed by atoms with Crippen LogP contribution >= 0.6 is 0 Å². The molecule has 2 aliphatic heterocycles. The van der Waals surface area contributed by atoms with Crippen LogP contribution in [0.3, 0.4) is 0 Å². The normalized spacial score (nSPS) is 24.4. The number of benzene rings is 2. The Bertz CT molecular complexity index is 1010. The molecule has 3 aliphatic rings. The Balaban J connectivity index is 1.20. The molecule has 162 valence electrons. The first-order chi connectivity index (χ1) is 15.2. The molecule has 1 amide bonds. The van der Waals surface area contributed by atoms with Gasteiger partial charge in [0.2, 0.25) is 5.91 Å². The molecule has 0 saturated heterocycles. The van der Waals surface area contributed by atoms with Crippen molar-refractivity contribution in [2.45, 2.75) is 62.8 Å². The van der Waals surface area contributed by atoms with Crippen LogP contribution in [0.4, 0.5) is 5.69 Å². The molecule has 31 heavy (non-hydrogen) atoms. The number of rotatable bonds is 7. The highest BCUT2D eigenvalue weighted by Crippen LogP contribution is 2.49. The molecule has 2 heterocycles. The molecule has 2 aromatic rings. The van der Waals surface area contributed by atoms with E-state index in [0.717, 1.165) is 69.3 Å². The van der Waals surface area contributed by atoms with Crippen LogP contribution in [-0.4, -0.2) is 25.6 Å². The van der Waals surface area contributed by atoms with Crippen LogP contribution in [0.25, 0.3) is 5.57 Å². The summed E-state index contributed by atoms with van der Waals surface area (Å²) in [6.45, 7) is 0.904. The summed E-state index contributed by atoms with van der Waals surface area (Å²) in [4.78, 5) is 13.0. The van der Waals surface area contributed by atoms with Crippen molar-refractivity contribution in [2.24, 2.45) is 0 Å². The molecule has 1 aliphatic carbocycles. The first-order valence-corrected chi connectivity index (χ1v) is 11.7. The predicted octanol–water partition coefficient (Wildman–Crippen LogP) is 5.23. The van der Waals surface area contributed by atoms with E-state index in [1.807, 2.05) is 12.1 Å². The van der Waals surface area contributed by atoms with E-state index < -0.39 is 0 Å². The van der Waals surface area contributed by atoms with Crippen LogP contribution in [0.5, 0.6) is 5.75 Å². The lowest BCUT2D eigenvalue weighted by molar-refractivity contribution is -0.121. The average molecular weight is 417 g/mol. The largest absolute Gasteiger partial charge is 0.496 e. The van der Waals surface area contributed by atoms with Gasteiger partial charge in [-0.25, -0.2) is 0 Å². The number of anilines is 1. The number of aryl methyl sites for hydroxylation is 1. The zero-order valence-electron chi connectivity index (χ0n) is 18.4. The number of methoxy groups -OCH3 is 1. The van der Waals surface area contributed by atoms with E-state index in [1.54, 1.807) is 7.11 Å². The molecule has 0 aromatic heterocycles. The Morgan fingerprint density at radius 3 is 2.94 bits per heavy atom. The quantitative estimate of drug-likeness (QED) is 0.608. The molecule has 4 nitrogen and oxygen atoms in total. The van der Waals surface area contributed by atoms with E-state index in [4.69, 9.17) is 4.74 Å². The second-order valence-corrected chi connectivity index (χ2v) is 9.21. The van der Waals surface area contributed by atoms with Gasteiger partial charge in [-0.05, 0) is 67.4 Å². The number of hydrogen-bond acceptors (Lipinski definition) is 3. The van der Waals surface area contributed by atoms with Crippen LogP contribution in [0, 0.1) is 0 Å². The maximum absolute atomic E-state index is 13.0. The molecular formula is C27H32N2O2. The number of para-hydroxylation sites is 1. The minimum absolute atomic E-state index is 0.229. The van der Waals surface area contributed by atoms with E-state index in [9.17, 15) is 4.79 Å². The highest BCUT2D eigenvalue weighted by atomic mass is 16.5. The van der Waals surface area contributed by atoms with Crippen molar-refractivity contribution in [3.8, 4) is 5.75 Å². The van der Waals surface area contributed by atoms with Gasteiger partial charge in [-0.1, -0.05) is 49.2 Å². The number of carbonyl (C=O) groups is 1. The monoisotopic (exact) mass is 416 g/mol. The van der Waals surface area contributed by atoms with Crippen LogP contribution in [-0.2, 0) is 16.6 Å². The zero-order chi connectivity index (χ0) is 21.3.